The lowest BCUT2D eigenvalue weighted by Gasteiger charge is -2.12. The molecule has 172 valence electrons. The summed E-state index contributed by atoms with van der Waals surface area (Å²) < 4.78 is 18.3. The second-order valence-electron chi connectivity index (χ2n) is 8.32. The van der Waals surface area contributed by atoms with E-state index >= 15 is 0 Å². The van der Waals surface area contributed by atoms with Crippen molar-refractivity contribution in [3.63, 3.8) is 0 Å². The van der Waals surface area contributed by atoms with Crippen LogP contribution in [0.2, 0.25) is 0 Å². The fraction of sp³-hybridized carbons (Fsp3) is 0.360. The number of carbonyl (C=O) groups excluding carboxylic acids is 2. The van der Waals surface area contributed by atoms with E-state index in [2.05, 4.69) is 20.8 Å². The molecular weight excluding hydrogens is 423 g/mol. The van der Waals surface area contributed by atoms with Gasteiger partial charge < -0.3 is 15.2 Å². The zero-order valence-corrected chi connectivity index (χ0v) is 18.4. The maximum Gasteiger partial charge on any atom is 0.227 e. The van der Waals surface area contributed by atoms with Crippen LogP contribution < -0.4 is 10.6 Å². The first-order valence-electron chi connectivity index (χ1n) is 11.3. The Labute approximate surface area is 191 Å². The summed E-state index contributed by atoms with van der Waals surface area (Å²) in [5.74, 6) is 0.626. The van der Waals surface area contributed by atoms with Gasteiger partial charge in [0.15, 0.2) is 0 Å². The maximum atomic E-state index is 13.0. The third kappa shape index (κ3) is 6.47. The molecule has 1 aliphatic carbocycles. The van der Waals surface area contributed by atoms with Gasteiger partial charge in [-0.25, -0.2) is 4.39 Å². The van der Waals surface area contributed by atoms with Crippen molar-refractivity contribution in [2.45, 2.75) is 51.5 Å². The van der Waals surface area contributed by atoms with Crippen molar-refractivity contribution < 1.29 is 18.5 Å². The van der Waals surface area contributed by atoms with Crippen molar-refractivity contribution in [3.05, 3.63) is 65.8 Å². The lowest BCUT2D eigenvalue weighted by atomic mass is 10.1. The summed E-state index contributed by atoms with van der Waals surface area (Å²) in [7, 11) is 0. The van der Waals surface area contributed by atoms with Gasteiger partial charge in [0, 0.05) is 36.6 Å². The molecule has 1 aliphatic rings. The number of aromatic nitrogens is 2. The van der Waals surface area contributed by atoms with E-state index in [1.165, 1.54) is 12.1 Å². The molecule has 0 spiro atoms. The molecule has 1 saturated carbocycles. The van der Waals surface area contributed by atoms with E-state index in [0.717, 1.165) is 36.9 Å². The van der Waals surface area contributed by atoms with E-state index in [1.807, 2.05) is 24.3 Å². The van der Waals surface area contributed by atoms with Gasteiger partial charge in [0.2, 0.25) is 23.5 Å². The monoisotopic (exact) mass is 450 g/mol. The van der Waals surface area contributed by atoms with Crippen LogP contribution in [0.1, 0.15) is 50.0 Å². The van der Waals surface area contributed by atoms with Crippen LogP contribution in [0.15, 0.2) is 53.1 Å². The highest BCUT2D eigenvalue weighted by molar-refractivity contribution is 5.92. The number of anilines is 1. The summed E-state index contributed by atoms with van der Waals surface area (Å²) in [6, 6.07) is 13.4. The van der Waals surface area contributed by atoms with Crippen LogP contribution in [0.4, 0.5) is 10.1 Å². The number of aryl methyl sites for hydroxylation is 1. The fourth-order valence-corrected chi connectivity index (χ4v) is 3.95. The van der Waals surface area contributed by atoms with Gasteiger partial charge in [-0.15, -0.1) is 0 Å². The minimum Gasteiger partial charge on any atom is -0.352 e. The summed E-state index contributed by atoms with van der Waals surface area (Å²) >= 11 is 0. The zero-order chi connectivity index (χ0) is 23.0. The molecule has 0 aliphatic heterocycles. The highest BCUT2D eigenvalue weighted by Gasteiger charge is 2.22. The van der Waals surface area contributed by atoms with Gasteiger partial charge in [0.1, 0.15) is 5.82 Å². The van der Waals surface area contributed by atoms with Gasteiger partial charge >= 0.3 is 0 Å². The minimum absolute atomic E-state index is 0.0753. The highest BCUT2D eigenvalue weighted by atomic mass is 19.1. The number of nitrogens with zero attached hydrogens (tertiary/aromatic N) is 2. The predicted molar refractivity (Wildman–Crippen MR) is 122 cm³/mol. The van der Waals surface area contributed by atoms with Crippen LogP contribution in [0.5, 0.6) is 0 Å². The Morgan fingerprint density at radius 3 is 2.67 bits per heavy atom. The number of hydrogen-bond acceptors (Lipinski definition) is 5. The third-order valence-electron chi connectivity index (χ3n) is 5.78. The van der Waals surface area contributed by atoms with E-state index in [0.29, 0.717) is 43.1 Å². The Hall–Kier alpha value is -3.55. The van der Waals surface area contributed by atoms with E-state index < -0.39 is 0 Å². The van der Waals surface area contributed by atoms with Gasteiger partial charge in [0.05, 0.1) is 0 Å². The molecule has 4 rings (SSSR count). The van der Waals surface area contributed by atoms with Crippen molar-refractivity contribution in [1.82, 2.24) is 15.5 Å². The van der Waals surface area contributed by atoms with Crippen LogP contribution in [-0.2, 0) is 22.6 Å². The molecule has 1 heterocycles. The Bertz CT molecular complexity index is 1090. The molecule has 0 bridgehead atoms. The van der Waals surface area contributed by atoms with Gasteiger partial charge in [-0.1, -0.05) is 30.1 Å². The lowest BCUT2D eigenvalue weighted by Crippen LogP contribution is -2.23. The number of hydrogen-bond donors (Lipinski definition) is 2. The van der Waals surface area contributed by atoms with Gasteiger partial charge in [-0.2, -0.15) is 4.98 Å². The van der Waals surface area contributed by atoms with Gasteiger partial charge in [0.25, 0.3) is 0 Å². The number of carbonyl (C=O) groups is 2. The van der Waals surface area contributed by atoms with E-state index in [9.17, 15) is 14.0 Å². The molecule has 0 unspecified atom stereocenters. The van der Waals surface area contributed by atoms with Gasteiger partial charge in [-0.05, 0) is 61.2 Å². The van der Waals surface area contributed by atoms with Crippen molar-refractivity contribution in [2.24, 2.45) is 5.92 Å². The van der Waals surface area contributed by atoms with Crippen molar-refractivity contribution >= 4 is 17.5 Å². The Morgan fingerprint density at radius 2 is 1.88 bits per heavy atom. The third-order valence-corrected chi connectivity index (χ3v) is 5.78. The average molecular weight is 451 g/mol. The first-order valence-corrected chi connectivity index (χ1v) is 11.3. The summed E-state index contributed by atoms with van der Waals surface area (Å²) in [5, 5.41) is 9.80. The summed E-state index contributed by atoms with van der Waals surface area (Å²) in [4.78, 5) is 28.8. The Balaban J connectivity index is 1.19. The number of amides is 2. The standard InChI is InChI=1S/C25H27FN4O3/c26-20-13-11-18(12-14-20)24-29-23(33-30-24)10-4-9-22(31)27-16-17-5-3-8-21(15-17)28-25(32)19-6-1-2-7-19/h3,5,8,11-15,19H,1-2,4,6-7,9-10,16H2,(H,27,31)(H,28,32). The zero-order valence-electron chi connectivity index (χ0n) is 18.4. The molecule has 0 radical (unpaired) electrons. The first-order chi connectivity index (χ1) is 16.1. The topological polar surface area (TPSA) is 97.1 Å². The molecular formula is C25H27FN4O3. The smallest absolute Gasteiger partial charge is 0.227 e. The van der Waals surface area contributed by atoms with Crippen LogP contribution in [0.3, 0.4) is 0 Å². The average Bonchev–Trinajstić information content (AvgIpc) is 3.51. The number of halogens is 1. The molecule has 3 aromatic rings. The van der Waals surface area contributed by atoms with Crippen molar-refractivity contribution in [2.75, 3.05) is 5.32 Å². The minimum atomic E-state index is -0.325. The molecule has 2 N–H and O–H groups in total. The van der Waals surface area contributed by atoms with Crippen LogP contribution in [0, 0.1) is 11.7 Å². The largest absolute Gasteiger partial charge is 0.352 e. The number of benzene rings is 2. The summed E-state index contributed by atoms with van der Waals surface area (Å²) in [6.07, 6.45) is 5.51. The second-order valence-corrected chi connectivity index (χ2v) is 8.32. The Kier molecular flexibility index (Phi) is 7.44. The molecule has 2 amide bonds. The SMILES string of the molecule is O=C(CCCc1nc(-c2ccc(F)cc2)no1)NCc1cccc(NC(=O)C2CCCC2)c1. The quantitative estimate of drug-likeness (QED) is 0.495. The molecule has 7 nitrogen and oxygen atoms in total. The van der Waals surface area contributed by atoms with E-state index in [1.54, 1.807) is 12.1 Å². The molecule has 8 heteroatoms. The molecule has 1 aromatic heterocycles. The maximum absolute atomic E-state index is 13.0. The van der Waals surface area contributed by atoms with Crippen molar-refractivity contribution in [1.29, 1.82) is 0 Å². The van der Waals surface area contributed by atoms with Crippen LogP contribution >= 0.6 is 0 Å². The van der Waals surface area contributed by atoms with Crippen LogP contribution in [-0.4, -0.2) is 22.0 Å². The Morgan fingerprint density at radius 1 is 1.09 bits per heavy atom. The molecule has 0 saturated heterocycles. The number of nitrogens with one attached hydrogen (secondary N) is 2. The highest BCUT2D eigenvalue weighted by Crippen LogP contribution is 2.26. The molecule has 1 fully saturated rings. The molecule has 33 heavy (non-hydrogen) atoms. The molecule has 0 atom stereocenters. The van der Waals surface area contributed by atoms with E-state index in [4.69, 9.17) is 4.52 Å². The fourth-order valence-electron chi connectivity index (χ4n) is 3.95. The lowest BCUT2D eigenvalue weighted by molar-refractivity contribution is -0.121. The predicted octanol–water partition coefficient (Wildman–Crippen LogP) is 4.64. The summed E-state index contributed by atoms with van der Waals surface area (Å²) in [6.45, 7) is 0.390. The normalized spacial score (nSPS) is 13.7. The number of rotatable bonds is 9. The van der Waals surface area contributed by atoms with E-state index in [-0.39, 0.29) is 23.5 Å². The first kappa shape index (κ1) is 22.6. The van der Waals surface area contributed by atoms with Crippen LogP contribution in [0.25, 0.3) is 11.4 Å². The second kappa shape index (κ2) is 10.8. The summed E-state index contributed by atoms with van der Waals surface area (Å²) in [5.41, 5.74) is 2.35. The molecule has 2 aromatic carbocycles. The van der Waals surface area contributed by atoms with Crippen molar-refractivity contribution in [3.8, 4) is 11.4 Å². The van der Waals surface area contributed by atoms with Gasteiger partial charge in [-0.3, -0.25) is 9.59 Å².